The van der Waals surface area contributed by atoms with Crippen LogP contribution in [0.2, 0.25) is 10.0 Å². The van der Waals surface area contributed by atoms with E-state index in [1.165, 1.54) is 17.0 Å². The number of rotatable bonds is 11. The number of sulfonamides is 1. The van der Waals surface area contributed by atoms with E-state index >= 15 is 0 Å². The molecule has 0 aliphatic carbocycles. The Morgan fingerprint density at radius 3 is 2.24 bits per heavy atom. The maximum atomic E-state index is 13.4. The Balaban J connectivity index is 2.33. The van der Waals surface area contributed by atoms with E-state index < -0.39 is 28.5 Å². The van der Waals surface area contributed by atoms with Crippen molar-refractivity contribution in [3.8, 4) is 0 Å². The number of benzene rings is 2. The fraction of sp³-hybridized carbons (Fsp3) is 0.417. The molecule has 2 aromatic rings. The van der Waals surface area contributed by atoms with Gasteiger partial charge in [-0.2, -0.15) is 0 Å². The van der Waals surface area contributed by atoms with Crippen molar-refractivity contribution in [3.63, 3.8) is 0 Å². The van der Waals surface area contributed by atoms with Crippen molar-refractivity contribution < 1.29 is 18.0 Å². The van der Waals surface area contributed by atoms with Crippen molar-refractivity contribution in [1.82, 2.24) is 10.2 Å². The second-order valence-electron chi connectivity index (χ2n) is 8.48. The van der Waals surface area contributed by atoms with Gasteiger partial charge in [0.25, 0.3) is 0 Å². The number of hydrogen-bond acceptors (Lipinski definition) is 4. The van der Waals surface area contributed by atoms with Gasteiger partial charge in [-0.1, -0.05) is 73.4 Å². The number of anilines is 1. The molecule has 0 radical (unpaired) electrons. The van der Waals surface area contributed by atoms with Gasteiger partial charge < -0.3 is 10.2 Å². The Morgan fingerprint density at radius 1 is 1.00 bits per heavy atom. The van der Waals surface area contributed by atoms with E-state index in [1.54, 1.807) is 13.0 Å². The molecule has 0 aliphatic heterocycles. The molecule has 0 heterocycles. The summed E-state index contributed by atoms with van der Waals surface area (Å²) in [6.45, 7) is 5.77. The molecular formula is C24H31Cl2N3O4S. The number of amides is 2. The SMILES string of the molecule is CC(C)CNC(=O)C(C)N(CCc1ccccc1)C(=O)CN(c1cccc(Cl)c1Cl)S(C)(=O)=O. The minimum Gasteiger partial charge on any atom is -0.354 e. The smallest absolute Gasteiger partial charge is 0.244 e. The van der Waals surface area contributed by atoms with Crippen LogP contribution in [0.25, 0.3) is 0 Å². The fourth-order valence-electron chi connectivity index (χ4n) is 3.30. The molecule has 1 unspecified atom stereocenters. The van der Waals surface area contributed by atoms with Crippen LogP contribution < -0.4 is 9.62 Å². The predicted octanol–water partition coefficient (Wildman–Crippen LogP) is 3.99. The van der Waals surface area contributed by atoms with Crippen molar-refractivity contribution in [3.05, 3.63) is 64.1 Å². The van der Waals surface area contributed by atoms with E-state index in [9.17, 15) is 18.0 Å². The molecule has 2 amide bonds. The van der Waals surface area contributed by atoms with E-state index in [0.717, 1.165) is 16.1 Å². The Hall–Kier alpha value is -2.29. The van der Waals surface area contributed by atoms with Gasteiger partial charge in [0.2, 0.25) is 21.8 Å². The number of nitrogens with one attached hydrogen (secondary N) is 1. The third-order valence-electron chi connectivity index (χ3n) is 5.22. The Bertz CT molecular complexity index is 1090. The van der Waals surface area contributed by atoms with Crippen molar-refractivity contribution in [2.24, 2.45) is 5.92 Å². The summed E-state index contributed by atoms with van der Waals surface area (Å²) in [5.74, 6) is -0.582. The third kappa shape index (κ3) is 7.89. The second kappa shape index (κ2) is 12.4. The molecule has 10 heteroatoms. The van der Waals surface area contributed by atoms with Crippen molar-refractivity contribution in [1.29, 1.82) is 0 Å². The van der Waals surface area contributed by atoms with Crippen LogP contribution in [0, 0.1) is 5.92 Å². The average molecular weight is 529 g/mol. The van der Waals surface area contributed by atoms with Crippen LogP contribution in [0.1, 0.15) is 26.3 Å². The van der Waals surface area contributed by atoms with E-state index in [0.29, 0.717) is 13.0 Å². The summed E-state index contributed by atoms with van der Waals surface area (Å²) in [5.41, 5.74) is 1.10. The molecule has 0 saturated carbocycles. The lowest BCUT2D eigenvalue weighted by Crippen LogP contribution is -2.52. The highest BCUT2D eigenvalue weighted by Gasteiger charge is 2.30. The predicted molar refractivity (Wildman–Crippen MR) is 138 cm³/mol. The maximum absolute atomic E-state index is 13.4. The molecule has 0 aliphatic rings. The molecule has 7 nitrogen and oxygen atoms in total. The summed E-state index contributed by atoms with van der Waals surface area (Å²) in [4.78, 5) is 27.6. The number of carbonyl (C=O) groups is 2. The van der Waals surface area contributed by atoms with Crippen molar-refractivity contribution in [2.75, 3.05) is 30.2 Å². The second-order valence-corrected chi connectivity index (χ2v) is 11.2. The lowest BCUT2D eigenvalue weighted by Gasteiger charge is -2.32. The van der Waals surface area contributed by atoms with Gasteiger partial charge >= 0.3 is 0 Å². The first-order valence-corrected chi connectivity index (χ1v) is 13.5. The van der Waals surface area contributed by atoms with Crippen LogP contribution in [0.5, 0.6) is 0 Å². The monoisotopic (exact) mass is 527 g/mol. The normalized spacial score (nSPS) is 12.3. The molecule has 0 fully saturated rings. The number of nitrogens with zero attached hydrogens (tertiary/aromatic N) is 2. The van der Waals surface area contributed by atoms with Gasteiger partial charge in [0.15, 0.2) is 0 Å². The van der Waals surface area contributed by atoms with Gasteiger partial charge in [-0.25, -0.2) is 8.42 Å². The van der Waals surface area contributed by atoms with E-state index in [2.05, 4.69) is 5.32 Å². The molecule has 1 N–H and O–H groups in total. The Labute approximate surface area is 212 Å². The summed E-state index contributed by atoms with van der Waals surface area (Å²) in [5, 5.41) is 3.04. The first-order valence-electron chi connectivity index (χ1n) is 10.9. The van der Waals surface area contributed by atoms with Crippen molar-refractivity contribution in [2.45, 2.75) is 33.2 Å². The number of hydrogen-bond donors (Lipinski definition) is 1. The van der Waals surface area contributed by atoms with Gasteiger partial charge in [-0.15, -0.1) is 0 Å². The lowest BCUT2D eigenvalue weighted by atomic mass is 10.1. The zero-order valence-electron chi connectivity index (χ0n) is 19.8. The molecule has 34 heavy (non-hydrogen) atoms. The first-order chi connectivity index (χ1) is 15.9. The van der Waals surface area contributed by atoms with Gasteiger partial charge in [0, 0.05) is 13.1 Å². The zero-order valence-corrected chi connectivity index (χ0v) is 22.1. The highest BCUT2D eigenvalue weighted by Crippen LogP contribution is 2.33. The summed E-state index contributed by atoms with van der Waals surface area (Å²) in [6.07, 6.45) is 1.50. The molecule has 0 spiro atoms. The maximum Gasteiger partial charge on any atom is 0.244 e. The molecule has 186 valence electrons. The Kier molecular flexibility index (Phi) is 10.2. The minimum atomic E-state index is -3.88. The first kappa shape index (κ1) is 28.0. The van der Waals surface area contributed by atoms with Crippen molar-refractivity contribution >= 4 is 50.7 Å². The lowest BCUT2D eigenvalue weighted by molar-refractivity contribution is -0.138. The van der Waals surface area contributed by atoms with Gasteiger partial charge in [0.1, 0.15) is 12.6 Å². The topological polar surface area (TPSA) is 86.8 Å². The van der Waals surface area contributed by atoms with Gasteiger partial charge in [-0.05, 0) is 37.0 Å². The molecule has 0 aromatic heterocycles. The summed E-state index contributed by atoms with van der Waals surface area (Å²) in [7, 11) is -3.88. The van der Waals surface area contributed by atoms with Crippen LogP contribution in [0.4, 0.5) is 5.69 Å². The highest BCUT2D eigenvalue weighted by molar-refractivity contribution is 7.92. The molecule has 2 rings (SSSR count). The quantitative estimate of drug-likeness (QED) is 0.478. The van der Waals surface area contributed by atoms with Gasteiger partial charge in [-0.3, -0.25) is 13.9 Å². The van der Waals surface area contributed by atoms with Crippen LogP contribution in [-0.2, 0) is 26.0 Å². The van der Waals surface area contributed by atoms with E-state index in [4.69, 9.17) is 23.2 Å². The summed E-state index contributed by atoms with van der Waals surface area (Å²) >= 11 is 12.3. The summed E-state index contributed by atoms with van der Waals surface area (Å²) in [6, 6.07) is 13.3. The van der Waals surface area contributed by atoms with Crippen LogP contribution in [-0.4, -0.2) is 57.1 Å². The third-order valence-corrected chi connectivity index (χ3v) is 7.15. The Morgan fingerprint density at radius 2 is 1.65 bits per heavy atom. The van der Waals surface area contributed by atoms with E-state index in [-0.39, 0.29) is 34.1 Å². The van der Waals surface area contributed by atoms with Crippen LogP contribution >= 0.6 is 23.2 Å². The van der Waals surface area contributed by atoms with Gasteiger partial charge in [0.05, 0.1) is 22.0 Å². The highest BCUT2D eigenvalue weighted by atomic mass is 35.5. The van der Waals surface area contributed by atoms with E-state index in [1.807, 2.05) is 44.2 Å². The van der Waals surface area contributed by atoms with Crippen LogP contribution in [0.3, 0.4) is 0 Å². The largest absolute Gasteiger partial charge is 0.354 e. The molecule has 0 bridgehead atoms. The molecule has 1 atom stereocenters. The number of carbonyl (C=O) groups excluding carboxylic acids is 2. The molecular weight excluding hydrogens is 497 g/mol. The average Bonchev–Trinajstić information content (AvgIpc) is 2.77. The zero-order chi connectivity index (χ0) is 25.5. The summed E-state index contributed by atoms with van der Waals surface area (Å²) < 4.78 is 26.1. The molecule has 2 aromatic carbocycles. The standard InChI is InChI=1S/C24H31Cl2N3O4S/c1-17(2)15-27-24(31)18(3)28(14-13-19-9-6-5-7-10-19)22(30)16-29(34(4,32)33)21-12-8-11-20(25)23(21)26/h5-12,17-18H,13-16H2,1-4H3,(H,27,31). The fourth-order valence-corrected chi connectivity index (χ4v) is 4.60. The molecule has 0 saturated heterocycles. The van der Waals surface area contributed by atoms with Crippen LogP contribution in [0.15, 0.2) is 48.5 Å². The number of halogens is 2. The minimum absolute atomic E-state index is 0.0287.